The fraction of sp³-hybridized carbons (Fsp3) is 0.682. The number of nitrogens with zero attached hydrogens (tertiary/aromatic N) is 1. The summed E-state index contributed by atoms with van der Waals surface area (Å²) in [6.45, 7) is 12.6. The zero-order valence-corrected chi connectivity index (χ0v) is 17.2. The zero-order chi connectivity index (χ0) is 19.2. The second-order valence-corrected chi connectivity index (χ2v) is 9.31. The minimum Gasteiger partial charge on any atom is -0.487 e. The molecule has 2 heterocycles. The summed E-state index contributed by atoms with van der Waals surface area (Å²) in [7, 11) is 0. The first kappa shape index (κ1) is 18.6. The van der Waals surface area contributed by atoms with E-state index >= 15 is 0 Å². The third-order valence-corrected chi connectivity index (χ3v) is 6.40. The smallest absolute Gasteiger partial charge is 0.191 e. The number of fused-ring (bicyclic) bond motifs is 2. The largest absolute Gasteiger partial charge is 0.487 e. The summed E-state index contributed by atoms with van der Waals surface area (Å²) in [6.07, 6.45) is 2.41. The molecule has 2 aliphatic heterocycles. The number of hydrogen-bond donors (Lipinski definition) is 2. The number of para-hydroxylation sites is 1. The summed E-state index contributed by atoms with van der Waals surface area (Å²) < 4.78 is 12.1. The maximum absolute atomic E-state index is 6.18. The maximum Gasteiger partial charge on any atom is 0.191 e. The Balaban J connectivity index is 1.53. The van der Waals surface area contributed by atoms with Crippen LogP contribution in [0.25, 0.3) is 0 Å². The Morgan fingerprint density at radius 2 is 1.96 bits per heavy atom. The monoisotopic (exact) mass is 371 g/mol. The Kier molecular flexibility index (Phi) is 4.61. The molecule has 5 nitrogen and oxygen atoms in total. The van der Waals surface area contributed by atoms with Gasteiger partial charge >= 0.3 is 0 Å². The minimum atomic E-state index is -0.205. The third kappa shape index (κ3) is 3.31. The van der Waals surface area contributed by atoms with Crippen LogP contribution in [-0.4, -0.2) is 36.9 Å². The second kappa shape index (κ2) is 6.69. The van der Waals surface area contributed by atoms with E-state index in [0.717, 1.165) is 37.7 Å². The number of hydrogen-bond acceptors (Lipinski definition) is 3. The van der Waals surface area contributed by atoms with Crippen LogP contribution in [0.2, 0.25) is 0 Å². The number of guanidine groups is 1. The van der Waals surface area contributed by atoms with Crippen molar-refractivity contribution in [2.75, 3.05) is 13.2 Å². The van der Waals surface area contributed by atoms with Crippen LogP contribution in [0.3, 0.4) is 0 Å². The predicted octanol–water partition coefficient (Wildman–Crippen LogP) is 3.66. The molecule has 1 saturated carbocycles. The van der Waals surface area contributed by atoms with E-state index in [-0.39, 0.29) is 17.1 Å². The SMILES string of the molecule is CCN=C(NC1CC(C)(C)Oc2ccccc21)NC1C2CCOC2C1(C)C. The number of rotatable bonds is 3. The molecule has 2 N–H and O–H groups in total. The molecule has 0 amide bonds. The lowest BCUT2D eigenvalue weighted by atomic mass is 9.57. The Hall–Kier alpha value is -1.75. The van der Waals surface area contributed by atoms with Crippen molar-refractivity contribution in [3.63, 3.8) is 0 Å². The highest BCUT2D eigenvalue weighted by atomic mass is 16.5. The Labute approximate surface area is 162 Å². The number of benzene rings is 1. The average molecular weight is 372 g/mol. The summed E-state index contributed by atoms with van der Waals surface area (Å²) in [6, 6.07) is 8.90. The van der Waals surface area contributed by atoms with E-state index in [4.69, 9.17) is 14.5 Å². The highest BCUT2D eigenvalue weighted by molar-refractivity contribution is 5.81. The van der Waals surface area contributed by atoms with Crippen molar-refractivity contribution in [1.29, 1.82) is 0 Å². The summed E-state index contributed by atoms with van der Waals surface area (Å²) in [4.78, 5) is 4.75. The summed E-state index contributed by atoms with van der Waals surface area (Å²) in [5.41, 5.74) is 1.13. The van der Waals surface area contributed by atoms with Crippen LogP contribution in [0, 0.1) is 11.3 Å². The first-order chi connectivity index (χ1) is 12.8. The van der Waals surface area contributed by atoms with Gasteiger partial charge in [-0.25, -0.2) is 0 Å². The zero-order valence-electron chi connectivity index (χ0n) is 17.2. The Morgan fingerprint density at radius 3 is 2.74 bits per heavy atom. The third-order valence-electron chi connectivity index (χ3n) is 6.40. The highest BCUT2D eigenvalue weighted by Gasteiger charge is 2.59. The van der Waals surface area contributed by atoms with Crippen LogP contribution in [0.1, 0.15) is 59.1 Å². The van der Waals surface area contributed by atoms with Gasteiger partial charge in [-0.3, -0.25) is 4.99 Å². The first-order valence-electron chi connectivity index (χ1n) is 10.3. The fourth-order valence-corrected chi connectivity index (χ4v) is 5.15. The number of aliphatic imine (C=N–C) groups is 1. The molecule has 148 valence electrons. The number of ether oxygens (including phenoxy) is 2. The molecule has 27 heavy (non-hydrogen) atoms. The van der Waals surface area contributed by atoms with E-state index < -0.39 is 0 Å². The van der Waals surface area contributed by atoms with Gasteiger partial charge in [0.25, 0.3) is 0 Å². The molecule has 4 unspecified atom stereocenters. The lowest BCUT2D eigenvalue weighted by Gasteiger charge is -2.55. The van der Waals surface area contributed by atoms with Gasteiger partial charge < -0.3 is 20.1 Å². The molecular weight excluding hydrogens is 338 g/mol. The van der Waals surface area contributed by atoms with Crippen LogP contribution < -0.4 is 15.4 Å². The van der Waals surface area contributed by atoms with Crippen LogP contribution in [0.15, 0.2) is 29.3 Å². The van der Waals surface area contributed by atoms with Gasteiger partial charge in [-0.05, 0) is 33.3 Å². The molecule has 2 fully saturated rings. The van der Waals surface area contributed by atoms with Gasteiger partial charge in [-0.1, -0.05) is 32.0 Å². The van der Waals surface area contributed by atoms with E-state index in [0.29, 0.717) is 18.1 Å². The molecule has 5 heteroatoms. The Morgan fingerprint density at radius 1 is 1.19 bits per heavy atom. The molecule has 4 atom stereocenters. The molecule has 0 bridgehead atoms. The Bertz CT molecular complexity index is 728. The summed E-state index contributed by atoms with van der Waals surface area (Å²) >= 11 is 0. The van der Waals surface area contributed by atoms with Gasteiger partial charge in [0, 0.05) is 42.5 Å². The maximum atomic E-state index is 6.18. The van der Waals surface area contributed by atoms with Crippen LogP contribution in [-0.2, 0) is 4.74 Å². The molecule has 0 spiro atoms. The van der Waals surface area contributed by atoms with Gasteiger partial charge in [-0.2, -0.15) is 0 Å². The quantitative estimate of drug-likeness (QED) is 0.629. The first-order valence-corrected chi connectivity index (χ1v) is 10.3. The normalized spacial score (nSPS) is 33.3. The van der Waals surface area contributed by atoms with Gasteiger partial charge in [-0.15, -0.1) is 0 Å². The van der Waals surface area contributed by atoms with Crippen LogP contribution >= 0.6 is 0 Å². The van der Waals surface area contributed by atoms with E-state index in [9.17, 15) is 0 Å². The predicted molar refractivity (Wildman–Crippen MR) is 108 cm³/mol. The highest BCUT2D eigenvalue weighted by Crippen LogP contribution is 2.52. The van der Waals surface area contributed by atoms with Gasteiger partial charge in [0.05, 0.1) is 12.1 Å². The molecule has 1 saturated heterocycles. The van der Waals surface area contributed by atoms with Crippen molar-refractivity contribution < 1.29 is 9.47 Å². The molecule has 0 aromatic heterocycles. The molecule has 1 aliphatic carbocycles. The van der Waals surface area contributed by atoms with Crippen LogP contribution in [0.5, 0.6) is 5.75 Å². The minimum absolute atomic E-state index is 0.129. The summed E-state index contributed by atoms with van der Waals surface area (Å²) in [5.74, 6) is 2.45. The average Bonchev–Trinajstić information content (AvgIpc) is 3.06. The van der Waals surface area contributed by atoms with Gasteiger partial charge in [0.15, 0.2) is 5.96 Å². The van der Waals surface area contributed by atoms with Crippen molar-refractivity contribution in [2.45, 2.75) is 71.2 Å². The summed E-state index contributed by atoms with van der Waals surface area (Å²) in [5, 5.41) is 7.44. The number of nitrogens with one attached hydrogen (secondary N) is 2. The van der Waals surface area contributed by atoms with E-state index in [1.807, 2.05) is 6.07 Å². The molecule has 1 aromatic carbocycles. The molecule has 0 radical (unpaired) electrons. The van der Waals surface area contributed by atoms with E-state index in [2.05, 4.69) is 63.5 Å². The lowest BCUT2D eigenvalue weighted by molar-refractivity contribution is -0.107. The van der Waals surface area contributed by atoms with Crippen molar-refractivity contribution in [1.82, 2.24) is 10.6 Å². The molecule has 3 aliphatic rings. The lowest BCUT2D eigenvalue weighted by Crippen LogP contribution is -2.68. The van der Waals surface area contributed by atoms with Crippen molar-refractivity contribution in [2.24, 2.45) is 16.3 Å². The molecule has 4 rings (SSSR count). The van der Waals surface area contributed by atoms with Gasteiger partial charge in [0.2, 0.25) is 0 Å². The van der Waals surface area contributed by atoms with E-state index in [1.54, 1.807) is 0 Å². The van der Waals surface area contributed by atoms with E-state index in [1.165, 1.54) is 5.56 Å². The van der Waals surface area contributed by atoms with Crippen LogP contribution in [0.4, 0.5) is 0 Å². The molecular formula is C22H33N3O2. The fourth-order valence-electron chi connectivity index (χ4n) is 5.15. The second-order valence-electron chi connectivity index (χ2n) is 9.31. The molecule has 1 aromatic rings. The standard InChI is InChI=1S/C22H33N3O2/c1-6-23-20(25-18-15-11-12-26-19(15)22(18,4)5)24-16-13-21(2,3)27-17-10-8-7-9-14(16)17/h7-10,15-16,18-19H,6,11-13H2,1-5H3,(H2,23,24,25). The van der Waals surface area contributed by atoms with Crippen molar-refractivity contribution in [3.8, 4) is 5.75 Å². The van der Waals surface area contributed by atoms with Gasteiger partial charge in [0.1, 0.15) is 11.4 Å². The van der Waals surface area contributed by atoms with Crippen molar-refractivity contribution in [3.05, 3.63) is 29.8 Å². The van der Waals surface area contributed by atoms with Crippen molar-refractivity contribution >= 4 is 5.96 Å². The topological polar surface area (TPSA) is 54.9 Å².